The van der Waals surface area contributed by atoms with E-state index in [1.807, 2.05) is 0 Å². The Kier molecular flexibility index (Phi) is 3.05. The third-order valence-electron chi connectivity index (χ3n) is 4.19. The minimum Gasteiger partial charge on any atom is -0.331 e. The highest BCUT2D eigenvalue weighted by molar-refractivity contribution is 14.1. The zero-order chi connectivity index (χ0) is 12.9. The van der Waals surface area contributed by atoms with E-state index < -0.39 is 0 Å². The first-order valence-electron chi connectivity index (χ1n) is 6.39. The molecule has 18 heavy (non-hydrogen) atoms. The number of nitrogens with zero attached hydrogens (tertiary/aromatic N) is 1. The molecule has 1 heterocycles. The Morgan fingerprint density at radius 2 is 2.22 bits per heavy atom. The van der Waals surface area contributed by atoms with E-state index in [2.05, 4.69) is 64.2 Å². The summed E-state index contributed by atoms with van der Waals surface area (Å²) in [5.41, 5.74) is 2.76. The molecule has 0 aliphatic heterocycles. The molecule has 1 aromatic carbocycles. The average Bonchev–Trinajstić information content (AvgIpc) is 2.76. The van der Waals surface area contributed by atoms with Crippen LogP contribution < -0.4 is 0 Å². The third-order valence-corrected chi connectivity index (χ3v) is 5.16. The summed E-state index contributed by atoms with van der Waals surface area (Å²) in [6.07, 6.45) is 3.83. The van der Waals surface area contributed by atoms with Crippen LogP contribution in [0.2, 0.25) is 0 Å². The Hall–Kier alpha value is -0.360. The number of fused-ring (bicyclic) bond motifs is 1. The van der Waals surface area contributed by atoms with Gasteiger partial charge in [-0.1, -0.05) is 20.3 Å². The van der Waals surface area contributed by atoms with Gasteiger partial charge in [-0.15, -0.1) is 0 Å². The zero-order valence-electron chi connectivity index (χ0n) is 10.7. The van der Waals surface area contributed by atoms with E-state index in [-0.39, 0.29) is 0 Å². The third kappa shape index (κ3) is 1.93. The normalized spacial score (nSPS) is 22.7. The van der Waals surface area contributed by atoms with Gasteiger partial charge in [0.2, 0.25) is 0 Å². The minimum absolute atomic E-state index is 0.344. The number of rotatable bonds is 1. The van der Waals surface area contributed by atoms with Crippen molar-refractivity contribution in [2.45, 2.75) is 39.2 Å². The van der Waals surface area contributed by atoms with E-state index in [1.54, 1.807) is 0 Å². The van der Waals surface area contributed by atoms with Gasteiger partial charge in [-0.05, 0) is 71.3 Å². The highest BCUT2D eigenvalue weighted by atomic mass is 127. The standard InChI is InChI=1S/C14H17IN2S/c1-14(2)7-3-4-12(14)17-11-6-5-9(15)8-10(11)16-13(17)18/h5-6,8,12H,3-4,7H2,1-2H3,(H,16,18). The summed E-state index contributed by atoms with van der Waals surface area (Å²) < 4.78 is 4.45. The fraction of sp³-hybridized carbons (Fsp3) is 0.500. The van der Waals surface area contributed by atoms with E-state index in [0.717, 1.165) is 10.3 Å². The van der Waals surface area contributed by atoms with Gasteiger partial charge in [-0.3, -0.25) is 0 Å². The molecular formula is C14H17IN2S. The second-order valence-corrected chi connectivity index (χ2v) is 7.49. The van der Waals surface area contributed by atoms with E-state index in [9.17, 15) is 0 Å². The van der Waals surface area contributed by atoms with Crippen LogP contribution >= 0.6 is 34.8 Å². The van der Waals surface area contributed by atoms with E-state index in [0.29, 0.717) is 11.5 Å². The Bertz CT molecular complexity index is 653. The number of nitrogens with one attached hydrogen (secondary N) is 1. The van der Waals surface area contributed by atoms with E-state index in [4.69, 9.17) is 12.2 Å². The van der Waals surface area contributed by atoms with Gasteiger partial charge in [-0.2, -0.15) is 0 Å². The van der Waals surface area contributed by atoms with Crippen molar-refractivity contribution in [1.82, 2.24) is 9.55 Å². The molecule has 1 aliphatic carbocycles. The van der Waals surface area contributed by atoms with Crippen LogP contribution in [0.4, 0.5) is 0 Å². The first kappa shape index (κ1) is 12.7. The molecule has 0 saturated heterocycles. The van der Waals surface area contributed by atoms with Crippen molar-refractivity contribution >= 4 is 45.8 Å². The Labute approximate surface area is 126 Å². The average molecular weight is 372 g/mol. The van der Waals surface area contributed by atoms with Gasteiger partial charge >= 0.3 is 0 Å². The summed E-state index contributed by atoms with van der Waals surface area (Å²) in [4.78, 5) is 3.36. The Balaban J connectivity index is 2.23. The lowest BCUT2D eigenvalue weighted by Gasteiger charge is -2.28. The summed E-state index contributed by atoms with van der Waals surface area (Å²) in [5, 5.41) is 0. The molecule has 1 fully saturated rings. The van der Waals surface area contributed by atoms with Crippen molar-refractivity contribution in [1.29, 1.82) is 0 Å². The molecular weight excluding hydrogens is 355 g/mol. The van der Waals surface area contributed by atoms with E-state index >= 15 is 0 Å². The van der Waals surface area contributed by atoms with Crippen LogP contribution in [-0.2, 0) is 0 Å². The molecule has 0 radical (unpaired) electrons. The number of aromatic amines is 1. The van der Waals surface area contributed by atoms with Crippen LogP contribution in [-0.4, -0.2) is 9.55 Å². The molecule has 3 rings (SSSR count). The van der Waals surface area contributed by atoms with Crippen LogP contribution in [0.3, 0.4) is 0 Å². The molecule has 2 nitrogen and oxygen atoms in total. The molecule has 96 valence electrons. The topological polar surface area (TPSA) is 20.7 Å². The van der Waals surface area contributed by atoms with Crippen molar-refractivity contribution in [3.05, 3.63) is 26.5 Å². The Morgan fingerprint density at radius 1 is 1.44 bits per heavy atom. The minimum atomic E-state index is 0.344. The highest BCUT2D eigenvalue weighted by Crippen LogP contribution is 2.47. The lowest BCUT2D eigenvalue weighted by molar-refractivity contribution is 0.264. The zero-order valence-corrected chi connectivity index (χ0v) is 13.6. The van der Waals surface area contributed by atoms with Crippen molar-refractivity contribution < 1.29 is 0 Å². The van der Waals surface area contributed by atoms with Gasteiger partial charge in [0.1, 0.15) is 0 Å². The lowest BCUT2D eigenvalue weighted by Crippen LogP contribution is -2.21. The SMILES string of the molecule is CC1(C)CCCC1n1c(=S)[nH]c2cc(I)ccc21. The highest BCUT2D eigenvalue weighted by Gasteiger charge is 2.36. The van der Waals surface area contributed by atoms with Crippen molar-refractivity contribution in [2.75, 3.05) is 0 Å². The van der Waals surface area contributed by atoms with Gasteiger partial charge in [0.05, 0.1) is 11.0 Å². The quantitative estimate of drug-likeness (QED) is 0.549. The number of hydrogen-bond acceptors (Lipinski definition) is 1. The monoisotopic (exact) mass is 372 g/mol. The maximum Gasteiger partial charge on any atom is 0.178 e. The molecule has 0 spiro atoms. The fourth-order valence-corrected chi connectivity index (χ4v) is 4.03. The molecule has 1 unspecified atom stereocenters. The summed E-state index contributed by atoms with van der Waals surface area (Å²) in [6.45, 7) is 4.72. The molecule has 1 aliphatic rings. The summed E-state index contributed by atoms with van der Waals surface area (Å²) >= 11 is 7.88. The van der Waals surface area contributed by atoms with Crippen LogP contribution in [0.5, 0.6) is 0 Å². The van der Waals surface area contributed by atoms with Crippen LogP contribution in [0.25, 0.3) is 11.0 Å². The molecule has 0 amide bonds. The van der Waals surface area contributed by atoms with Gasteiger partial charge in [0.25, 0.3) is 0 Å². The largest absolute Gasteiger partial charge is 0.331 e. The first-order valence-corrected chi connectivity index (χ1v) is 7.87. The van der Waals surface area contributed by atoms with E-state index in [1.165, 1.54) is 28.3 Å². The molecule has 1 saturated carbocycles. The fourth-order valence-electron chi connectivity index (χ4n) is 3.20. The van der Waals surface area contributed by atoms with Crippen molar-refractivity contribution in [3.63, 3.8) is 0 Å². The summed E-state index contributed by atoms with van der Waals surface area (Å²) in [7, 11) is 0. The predicted molar refractivity (Wildman–Crippen MR) is 86.5 cm³/mol. The second-order valence-electron chi connectivity index (χ2n) is 5.86. The Morgan fingerprint density at radius 3 is 2.89 bits per heavy atom. The maximum atomic E-state index is 5.54. The van der Waals surface area contributed by atoms with Crippen LogP contribution in [0, 0.1) is 13.8 Å². The molecule has 2 aromatic rings. The van der Waals surface area contributed by atoms with Gasteiger partial charge in [-0.25, -0.2) is 0 Å². The summed E-state index contributed by atoms with van der Waals surface area (Å²) in [6, 6.07) is 7.05. The number of hydrogen-bond donors (Lipinski definition) is 1. The number of halogens is 1. The van der Waals surface area contributed by atoms with Gasteiger partial charge in [0, 0.05) is 9.61 Å². The molecule has 0 bridgehead atoms. The molecule has 4 heteroatoms. The molecule has 1 N–H and O–H groups in total. The smallest absolute Gasteiger partial charge is 0.178 e. The number of H-pyrrole nitrogens is 1. The van der Waals surface area contributed by atoms with Gasteiger partial charge < -0.3 is 9.55 Å². The number of benzene rings is 1. The van der Waals surface area contributed by atoms with Crippen LogP contribution in [0.15, 0.2) is 18.2 Å². The second kappa shape index (κ2) is 4.34. The van der Waals surface area contributed by atoms with Gasteiger partial charge in [0.15, 0.2) is 4.77 Å². The molecule has 1 atom stereocenters. The number of imidazole rings is 1. The first-order chi connectivity index (χ1) is 8.49. The van der Waals surface area contributed by atoms with Crippen molar-refractivity contribution in [2.24, 2.45) is 5.41 Å². The van der Waals surface area contributed by atoms with Crippen LogP contribution in [0.1, 0.15) is 39.2 Å². The molecule has 1 aromatic heterocycles. The summed E-state index contributed by atoms with van der Waals surface area (Å²) in [5.74, 6) is 0. The number of aromatic nitrogens is 2. The predicted octanol–water partition coefficient (Wildman–Crippen LogP) is 5.05. The maximum absolute atomic E-state index is 5.54. The lowest BCUT2D eigenvalue weighted by atomic mass is 9.87. The van der Waals surface area contributed by atoms with Crippen molar-refractivity contribution in [3.8, 4) is 0 Å².